The standard InChI is InChI=1S/C19H30N2O/c1-15(2)17-11-7-8-12-18(17)20-14-13-19(22)21-16-9-5-3-4-6-10-16/h7-8,11-12,15-16,20H,3-6,9-10,13-14H2,1-2H3,(H,21,22). The molecule has 22 heavy (non-hydrogen) atoms. The van der Waals surface area contributed by atoms with Gasteiger partial charge in [-0.1, -0.05) is 57.7 Å². The van der Waals surface area contributed by atoms with Crippen LogP contribution in [0.2, 0.25) is 0 Å². The van der Waals surface area contributed by atoms with Crippen molar-refractivity contribution in [3.05, 3.63) is 29.8 Å². The second-order valence-corrected chi connectivity index (χ2v) is 6.67. The van der Waals surface area contributed by atoms with Gasteiger partial charge in [0.1, 0.15) is 0 Å². The lowest BCUT2D eigenvalue weighted by Gasteiger charge is -2.17. The zero-order valence-corrected chi connectivity index (χ0v) is 14.0. The molecular weight excluding hydrogens is 272 g/mol. The summed E-state index contributed by atoms with van der Waals surface area (Å²) in [6.07, 6.45) is 7.99. The number of nitrogens with one attached hydrogen (secondary N) is 2. The van der Waals surface area contributed by atoms with E-state index in [0.717, 1.165) is 18.5 Å². The molecule has 0 radical (unpaired) electrons. The highest BCUT2D eigenvalue weighted by atomic mass is 16.1. The quantitative estimate of drug-likeness (QED) is 0.762. The van der Waals surface area contributed by atoms with Crippen LogP contribution in [0.4, 0.5) is 5.69 Å². The Morgan fingerprint density at radius 2 is 1.82 bits per heavy atom. The summed E-state index contributed by atoms with van der Waals surface area (Å²) < 4.78 is 0. The number of amides is 1. The fraction of sp³-hybridized carbons (Fsp3) is 0.632. The van der Waals surface area contributed by atoms with Crippen LogP contribution >= 0.6 is 0 Å². The highest BCUT2D eigenvalue weighted by molar-refractivity contribution is 5.76. The van der Waals surface area contributed by atoms with Crippen molar-refractivity contribution in [2.45, 2.75) is 70.8 Å². The molecule has 3 heteroatoms. The summed E-state index contributed by atoms with van der Waals surface area (Å²) in [5, 5.41) is 6.62. The molecule has 1 aromatic rings. The van der Waals surface area contributed by atoms with E-state index in [-0.39, 0.29) is 5.91 Å². The van der Waals surface area contributed by atoms with Crippen molar-refractivity contribution in [2.75, 3.05) is 11.9 Å². The highest BCUT2D eigenvalue weighted by Gasteiger charge is 2.14. The molecule has 2 rings (SSSR count). The molecule has 3 nitrogen and oxygen atoms in total. The Morgan fingerprint density at radius 1 is 1.14 bits per heavy atom. The number of benzene rings is 1. The summed E-state index contributed by atoms with van der Waals surface area (Å²) in [4.78, 5) is 12.1. The van der Waals surface area contributed by atoms with Crippen LogP contribution in [0.3, 0.4) is 0 Å². The first-order valence-electron chi connectivity index (χ1n) is 8.79. The maximum Gasteiger partial charge on any atom is 0.221 e. The number of hydrogen-bond acceptors (Lipinski definition) is 2. The van der Waals surface area contributed by atoms with Crippen molar-refractivity contribution < 1.29 is 4.79 Å². The van der Waals surface area contributed by atoms with Crippen molar-refractivity contribution in [3.8, 4) is 0 Å². The highest BCUT2D eigenvalue weighted by Crippen LogP contribution is 2.23. The van der Waals surface area contributed by atoms with E-state index in [1.807, 2.05) is 6.07 Å². The van der Waals surface area contributed by atoms with Gasteiger partial charge in [-0.2, -0.15) is 0 Å². The minimum Gasteiger partial charge on any atom is -0.384 e. The van der Waals surface area contributed by atoms with Gasteiger partial charge in [-0.05, 0) is 30.4 Å². The summed E-state index contributed by atoms with van der Waals surface area (Å²) >= 11 is 0. The molecular formula is C19H30N2O. The van der Waals surface area contributed by atoms with Crippen molar-refractivity contribution in [1.82, 2.24) is 5.32 Å². The van der Waals surface area contributed by atoms with Crippen molar-refractivity contribution in [3.63, 3.8) is 0 Å². The minimum absolute atomic E-state index is 0.182. The van der Waals surface area contributed by atoms with Gasteiger partial charge in [-0.15, -0.1) is 0 Å². The van der Waals surface area contributed by atoms with Gasteiger partial charge in [0.15, 0.2) is 0 Å². The van der Waals surface area contributed by atoms with E-state index in [4.69, 9.17) is 0 Å². The molecule has 0 saturated heterocycles. The summed E-state index contributed by atoms with van der Waals surface area (Å²) in [5.41, 5.74) is 2.46. The summed E-state index contributed by atoms with van der Waals surface area (Å²) in [6.45, 7) is 5.08. The lowest BCUT2D eigenvalue weighted by atomic mass is 10.0. The van der Waals surface area contributed by atoms with E-state index < -0.39 is 0 Å². The molecule has 1 aliphatic carbocycles. The molecule has 1 aliphatic rings. The number of carbonyl (C=O) groups excluding carboxylic acids is 1. The van der Waals surface area contributed by atoms with Crippen molar-refractivity contribution >= 4 is 11.6 Å². The average Bonchev–Trinajstić information content (AvgIpc) is 2.76. The third-order valence-corrected chi connectivity index (χ3v) is 4.47. The van der Waals surface area contributed by atoms with Crippen LogP contribution in [-0.4, -0.2) is 18.5 Å². The molecule has 2 N–H and O–H groups in total. The van der Waals surface area contributed by atoms with Crippen molar-refractivity contribution in [2.24, 2.45) is 0 Å². The third kappa shape index (κ3) is 5.36. The first-order chi connectivity index (χ1) is 10.7. The molecule has 1 amide bonds. The van der Waals surface area contributed by atoms with Crippen molar-refractivity contribution in [1.29, 1.82) is 0 Å². The van der Waals surface area contributed by atoms with Gasteiger partial charge < -0.3 is 10.6 Å². The zero-order valence-electron chi connectivity index (χ0n) is 14.0. The normalized spacial score (nSPS) is 16.3. The van der Waals surface area contributed by atoms with Crippen LogP contribution in [0.1, 0.15) is 70.3 Å². The molecule has 0 bridgehead atoms. The van der Waals surface area contributed by atoms with Gasteiger partial charge in [-0.25, -0.2) is 0 Å². The zero-order chi connectivity index (χ0) is 15.8. The molecule has 122 valence electrons. The Bertz CT molecular complexity index is 462. The second-order valence-electron chi connectivity index (χ2n) is 6.67. The number of anilines is 1. The van der Waals surface area contributed by atoms with Crippen LogP contribution in [0.5, 0.6) is 0 Å². The van der Waals surface area contributed by atoms with Gasteiger partial charge >= 0.3 is 0 Å². The van der Waals surface area contributed by atoms with E-state index >= 15 is 0 Å². The van der Waals surface area contributed by atoms with Crippen LogP contribution in [0.25, 0.3) is 0 Å². The van der Waals surface area contributed by atoms with E-state index in [1.165, 1.54) is 31.2 Å². The Kier molecular flexibility index (Phi) is 6.75. The van der Waals surface area contributed by atoms with Gasteiger partial charge in [0.2, 0.25) is 5.91 Å². The van der Waals surface area contributed by atoms with Crippen LogP contribution in [-0.2, 0) is 4.79 Å². The topological polar surface area (TPSA) is 41.1 Å². The van der Waals surface area contributed by atoms with Crippen LogP contribution in [0, 0.1) is 0 Å². The van der Waals surface area contributed by atoms with Gasteiger partial charge in [0.25, 0.3) is 0 Å². The number of carbonyl (C=O) groups is 1. The Balaban J connectivity index is 1.75. The van der Waals surface area contributed by atoms with E-state index in [9.17, 15) is 4.79 Å². The maximum atomic E-state index is 12.1. The second kappa shape index (κ2) is 8.82. The fourth-order valence-corrected chi connectivity index (χ4v) is 3.20. The number of hydrogen-bond donors (Lipinski definition) is 2. The number of para-hydroxylation sites is 1. The van der Waals surface area contributed by atoms with Crippen LogP contribution < -0.4 is 10.6 Å². The number of rotatable bonds is 6. The molecule has 0 spiro atoms. The third-order valence-electron chi connectivity index (χ3n) is 4.47. The van der Waals surface area contributed by atoms with E-state index in [2.05, 4.69) is 42.7 Å². The smallest absolute Gasteiger partial charge is 0.221 e. The van der Waals surface area contributed by atoms with Crippen LogP contribution in [0.15, 0.2) is 24.3 Å². The molecule has 0 heterocycles. The molecule has 0 unspecified atom stereocenters. The Labute approximate surface area is 134 Å². The molecule has 0 aliphatic heterocycles. The van der Waals surface area contributed by atoms with Gasteiger partial charge in [-0.3, -0.25) is 4.79 Å². The monoisotopic (exact) mass is 302 g/mol. The fourth-order valence-electron chi connectivity index (χ4n) is 3.20. The average molecular weight is 302 g/mol. The minimum atomic E-state index is 0.182. The lowest BCUT2D eigenvalue weighted by molar-refractivity contribution is -0.121. The lowest BCUT2D eigenvalue weighted by Crippen LogP contribution is -2.35. The van der Waals surface area contributed by atoms with Gasteiger partial charge in [0.05, 0.1) is 0 Å². The largest absolute Gasteiger partial charge is 0.384 e. The summed E-state index contributed by atoms with van der Waals surface area (Å²) in [6, 6.07) is 8.76. The summed E-state index contributed by atoms with van der Waals surface area (Å²) in [5.74, 6) is 0.671. The first kappa shape index (κ1) is 16.9. The van der Waals surface area contributed by atoms with E-state index in [0.29, 0.717) is 24.9 Å². The molecule has 0 atom stereocenters. The van der Waals surface area contributed by atoms with Gasteiger partial charge in [0, 0.05) is 24.7 Å². The molecule has 0 aromatic heterocycles. The molecule has 1 aromatic carbocycles. The molecule has 1 saturated carbocycles. The maximum absolute atomic E-state index is 12.1. The molecule has 1 fully saturated rings. The first-order valence-corrected chi connectivity index (χ1v) is 8.79. The predicted octanol–water partition coefficient (Wildman–Crippen LogP) is 4.45. The Hall–Kier alpha value is -1.51. The predicted molar refractivity (Wildman–Crippen MR) is 93.3 cm³/mol. The van der Waals surface area contributed by atoms with E-state index in [1.54, 1.807) is 0 Å². The Morgan fingerprint density at radius 3 is 2.50 bits per heavy atom. The summed E-state index contributed by atoms with van der Waals surface area (Å²) in [7, 11) is 0. The SMILES string of the molecule is CC(C)c1ccccc1NCCC(=O)NC1CCCCCC1.